The van der Waals surface area contributed by atoms with E-state index in [1.165, 1.54) is 30.4 Å². The molecular weight excluding hydrogens is 1380 g/mol. The highest BCUT2D eigenvalue weighted by Crippen LogP contribution is 2.34. The zero-order valence-electron chi connectivity index (χ0n) is 56.1. The molecule has 3 aliphatic heterocycles. The number of aromatic nitrogens is 2. The molecular formula is C69H82N10O22S2. The van der Waals surface area contributed by atoms with Crippen LogP contribution in [-0.2, 0) is 61.7 Å². The third kappa shape index (κ3) is 20.8. The standard InChI is InChI=1S/C69H82N10O22S2/c1-4-98-27-8-28-99-48-22-20-42(21-23-48)41-12-16-44(17-13-41)65-76-77-66(102-65)45-18-14-43(15-19-45)60(87)72-49-31-46(81)33-71-64(91)58-59(86)37(2)34-79(58)68(93)57(52(84)25-26-70-69(94)100-36-39-9-6-5-7-10-39)75-63(90)56(53(85)29-40-11-24-51(83)54(30-40)101-103(95,96)97)74-62(89)50-32-47(82)35-78(50)67(92)55(38(3)80)73-61(49)88/h5-7,9-24,30,37-38,46-47,49-50,52-53,55-59,80-86H,4,8,25-29,31-36H2,1-3H3,(H,70,94)(H,71,91)(H,72,87)(H,73,88)(H,74,89)(H,75,90)(H,95,96,97)/t37-,38+,46+,47+,49?,50?,52-,53+,55+,56+,57?,58?,59-/m0/s1. The number of ether oxygens (including phenoxy) is 3. The summed E-state index contributed by atoms with van der Waals surface area (Å²) in [6, 6.07) is 21.0. The number of carbonyl (C=O) groups excluding carboxylic acids is 8. The zero-order valence-corrected chi connectivity index (χ0v) is 57.8. The van der Waals surface area contributed by atoms with Crippen LogP contribution >= 0.6 is 11.3 Å². The molecule has 0 aliphatic carbocycles. The van der Waals surface area contributed by atoms with E-state index in [0.29, 0.717) is 41.0 Å². The van der Waals surface area contributed by atoms with E-state index < -0.39 is 200 Å². The van der Waals surface area contributed by atoms with Crippen LogP contribution in [0.25, 0.3) is 32.3 Å². The molecule has 13 atom stereocenters. The maximum Gasteiger partial charge on any atom is 0.446 e. The maximum absolute atomic E-state index is 15.1. The summed E-state index contributed by atoms with van der Waals surface area (Å²) in [6.45, 7) is 3.91. The second-order valence-electron chi connectivity index (χ2n) is 25.1. The third-order valence-electron chi connectivity index (χ3n) is 17.4. The van der Waals surface area contributed by atoms with Crippen molar-refractivity contribution < 1.29 is 105 Å². The number of aromatic hydroxyl groups is 1. The van der Waals surface area contributed by atoms with Gasteiger partial charge in [0.1, 0.15) is 58.6 Å². The van der Waals surface area contributed by atoms with Gasteiger partial charge in [-0.3, -0.25) is 38.1 Å². The predicted octanol–water partition coefficient (Wildman–Crippen LogP) is 0.497. The minimum atomic E-state index is -5.26. The minimum Gasteiger partial charge on any atom is -0.504 e. The smallest absolute Gasteiger partial charge is 0.446 e. The average Bonchev–Trinajstić information content (AvgIpc) is 1.66. The Morgan fingerprint density at radius 2 is 1.32 bits per heavy atom. The van der Waals surface area contributed by atoms with E-state index in [2.05, 4.69) is 46.3 Å². The van der Waals surface area contributed by atoms with Crippen LogP contribution in [0.2, 0.25) is 0 Å². The van der Waals surface area contributed by atoms with Crippen LogP contribution in [0.3, 0.4) is 0 Å². The molecule has 4 heterocycles. The van der Waals surface area contributed by atoms with Crippen molar-refractivity contribution in [3.8, 4) is 49.5 Å². The minimum absolute atomic E-state index is 0.0169. The van der Waals surface area contributed by atoms with Crippen LogP contribution in [0.4, 0.5) is 4.79 Å². The fraction of sp³-hybridized carbons (Fsp3) is 0.420. The molecule has 0 spiro atoms. The molecule has 32 nitrogen and oxygen atoms in total. The Bertz CT molecular complexity index is 4060. The van der Waals surface area contributed by atoms with Gasteiger partial charge in [-0.25, -0.2) is 4.79 Å². The highest BCUT2D eigenvalue weighted by molar-refractivity contribution is 7.81. The van der Waals surface area contributed by atoms with Crippen molar-refractivity contribution in [1.82, 2.24) is 51.9 Å². The summed E-state index contributed by atoms with van der Waals surface area (Å²) < 4.78 is 53.7. The van der Waals surface area contributed by atoms with E-state index in [1.807, 2.05) is 55.5 Å². The van der Waals surface area contributed by atoms with Gasteiger partial charge in [0.05, 0.1) is 43.2 Å². The molecule has 9 rings (SSSR count). The van der Waals surface area contributed by atoms with Gasteiger partial charge in [-0.15, -0.1) is 10.2 Å². The number of β-amino-alcohol motifs (C(OH)–C–C–N with tert-alkyl or cyclic N) is 1. The Balaban J connectivity index is 0.975. The lowest BCUT2D eigenvalue weighted by atomic mass is 9.98. The maximum atomic E-state index is 15.1. The quantitative estimate of drug-likeness (QED) is 0.0307. The molecule has 3 fully saturated rings. The van der Waals surface area contributed by atoms with Crippen molar-refractivity contribution in [2.45, 2.75) is 132 Å². The molecule has 103 heavy (non-hydrogen) atoms. The molecule has 6 aromatic rings. The number of aliphatic hydroxyl groups is 6. The first-order valence-corrected chi connectivity index (χ1v) is 35.3. The van der Waals surface area contributed by atoms with Gasteiger partial charge in [0.2, 0.25) is 35.4 Å². The first-order chi connectivity index (χ1) is 49.1. The summed E-state index contributed by atoms with van der Waals surface area (Å²) in [7, 11) is -5.26. The van der Waals surface area contributed by atoms with Gasteiger partial charge in [0.15, 0.2) is 11.5 Å². The number of nitrogens with zero attached hydrogens (tertiary/aromatic N) is 4. The van der Waals surface area contributed by atoms with Gasteiger partial charge in [-0.05, 0) is 78.9 Å². The molecule has 5 aromatic carbocycles. The Labute approximate surface area is 595 Å². The number of fused-ring (bicyclic) bond motifs is 2. The SMILES string of the molecule is CCOCCCOc1ccc(-c2ccc(-c3nnc(-c4ccc(C(=O)NC5C[C@@H](O)CNC(=O)C6[C@@H](O)[C@@H](C)CN6C(=O)C([C@@H](O)CCNC(=O)OCc6ccccc6)NC(=O)[C@@H]([C@H](O)Cc6ccc(O)c(OS(=O)(=O)O)c6)NC(=O)C6C[C@@H](O)CN6C(=O)[C@@H]([C@@H](C)O)NC5=O)cc4)s3)cc2)cc1. The van der Waals surface area contributed by atoms with Crippen molar-refractivity contribution in [3.05, 3.63) is 138 Å². The Hall–Kier alpha value is -9.75. The van der Waals surface area contributed by atoms with E-state index in [9.17, 15) is 82.3 Å². The highest BCUT2D eigenvalue weighted by atomic mass is 32.3. The first-order valence-electron chi connectivity index (χ1n) is 33.1. The van der Waals surface area contributed by atoms with Gasteiger partial charge in [-0.2, -0.15) is 8.42 Å². The number of phenolic OH excluding ortho intramolecular Hbond substituents is 1. The number of benzene rings is 5. The number of aliphatic hydroxyl groups excluding tert-OH is 6. The molecule has 4 unspecified atom stereocenters. The number of hydrogen-bond donors (Lipinski definition) is 14. The van der Waals surface area contributed by atoms with Crippen molar-refractivity contribution in [1.29, 1.82) is 0 Å². The van der Waals surface area contributed by atoms with Crippen LogP contribution in [0.15, 0.2) is 121 Å². The predicted molar refractivity (Wildman–Crippen MR) is 367 cm³/mol. The van der Waals surface area contributed by atoms with E-state index in [-0.39, 0.29) is 17.7 Å². The number of amides is 8. The number of hydrogen-bond acceptors (Lipinski definition) is 24. The average molecular weight is 1470 g/mol. The van der Waals surface area contributed by atoms with E-state index in [0.717, 1.165) is 63.8 Å². The molecule has 1 aromatic heterocycles. The zero-order chi connectivity index (χ0) is 74.2. The number of nitrogens with one attached hydrogen (secondary N) is 6. The first kappa shape index (κ1) is 77.4. The van der Waals surface area contributed by atoms with Gasteiger partial charge >= 0.3 is 16.5 Å². The summed E-state index contributed by atoms with van der Waals surface area (Å²) in [4.78, 5) is 117. The number of carbonyl (C=O) groups is 8. The lowest BCUT2D eigenvalue weighted by Gasteiger charge is -2.34. The molecule has 14 N–H and O–H groups in total. The number of alkyl carbamates (subject to hydrolysis) is 1. The van der Waals surface area contributed by atoms with Crippen LogP contribution in [0, 0.1) is 5.92 Å². The number of rotatable bonds is 23. The van der Waals surface area contributed by atoms with E-state index >= 15 is 4.79 Å². The topological polar surface area (TPSA) is 474 Å². The third-order valence-corrected chi connectivity index (χ3v) is 18.8. The van der Waals surface area contributed by atoms with Crippen LogP contribution in [0.1, 0.15) is 67.9 Å². The lowest BCUT2D eigenvalue weighted by Crippen LogP contribution is -2.64. The fourth-order valence-electron chi connectivity index (χ4n) is 11.9. The van der Waals surface area contributed by atoms with Gasteiger partial charge in [0, 0.05) is 87.7 Å². The van der Waals surface area contributed by atoms with E-state index in [1.54, 1.807) is 42.5 Å². The van der Waals surface area contributed by atoms with Gasteiger partial charge < -0.3 is 95.8 Å². The summed E-state index contributed by atoms with van der Waals surface area (Å²) in [5.74, 6) is -10.2. The van der Waals surface area contributed by atoms with Gasteiger partial charge in [-0.1, -0.05) is 103 Å². The molecule has 3 saturated heterocycles. The second kappa shape index (κ2) is 35.4. The Morgan fingerprint density at radius 1 is 0.699 bits per heavy atom. The summed E-state index contributed by atoms with van der Waals surface area (Å²) in [5, 5.41) is 104. The fourth-order valence-corrected chi connectivity index (χ4v) is 13.1. The van der Waals surface area contributed by atoms with Crippen molar-refractivity contribution in [2.24, 2.45) is 5.92 Å². The molecule has 3 aliphatic rings. The van der Waals surface area contributed by atoms with Crippen LogP contribution in [-0.4, -0.2) is 235 Å². The highest BCUT2D eigenvalue weighted by Gasteiger charge is 2.50. The Kier molecular flexibility index (Phi) is 26.6. The lowest BCUT2D eigenvalue weighted by molar-refractivity contribution is -0.147. The van der Waals surface area contributed by atoms with Crippen molar-refractivity contribution in [3.63, 3.8) is 0 Å². The largest absolute Gasteiger partial charge is 0.504 e. The molecule has 0 radical (unpaired) electrons. The van der Waals surface area contributed by atoms with Crippen LogP contribution in [0.5, 0.6) is 17.2 Å². The van der Waals surface area contributed by atoms with Crippen molar-refractivity contribution in [2.75, 3.05) is 46.0 Å². The van der Waals surface area contributed by atoms with Crippen LogP contribution < -0.4 is 40.8 Å². The van der Waals surface area contributed by atoms with Crippen molar-refractivity contribution >= 4 is 69.2 Å². The summed E-state index contributed by atoms with van der Waals surface area (Å²) >= 11 is 1.28. The summed E-state index contributed by atoms with van der Waals surface area (Å²) in [6.07, 6.45) is -13.7. The second-order valence-corrected chi connectivity index (χ2v) is 27.1. The monoisotopic (exact) mass is 1470 g/mol. The molecule has 34 heteroatoms. The normalized spacial score (nSPS) is 23.3. The van der Waals surface area contributed by atoms with Gasteiger partial charge in [0.25, 0.3) is 5.91 Å². The molecule has 0 bridgehead atoms. The Morgan fingerprint density at radius 3 is 1.97 bits per heavy atom. The molecule has 552 valence electrons. The summed E-state index contributed by atoms with van der Waals surface area (Å²) in [5.41, 5.74) is 3.76. The van der Waals surface area contributed by atoms with E-state index in [4.69, 9.17) is 14.2 Å². The number of phenols is 1. The molecule has 8 amide bonds. The molecule has 0 saturated carbocycles.